The van der Waals surface area contributed by atoms with E-state index in [1.165, 1.54) is 22.7 Å². The zero-order valence-corrected chi connectivity index (χ0v) is 22.6. The molecular weight excluding hydrogens is 575 g/mol. The van der Waals surface area contributed by atoms with Crippen LogP contribution in [0.15, 0.2) is 53.3 Å². The standard InChI is InChI=1S/C23H23ClF3N5O3.C2H2O4/c1-14-21(22(35)32(31(14)3)16-7-5-4-6-8-16)29-20(34)13-30(2)12-19(33)28-15-9-10-18(24)17(11-15)23(25,26)27;3-1(4)2(5)6/h4-11H,12-13H2,1-3H3,(H,28,33)(H,29,34);(H,3,4)(H,5,6). The van der Waals surface area contributed by atoms with Crippen LogP contribution in [0.3, 0.4) is 0 Å². The van der Waals surface area contributed by atoms with E-state index in [-0.39, 0.29) is 24.5 Å². The summed E-state index contributed by atoms with van der Waals surface area (Å²) in [6, 6.07) is 11.9. The molecule has 0 bridgehead atoms. The van der Waals surface area contributed by atoms with Crippen molar-refractivity contribution in [1.29, 1.82) is 0 Å². The Balaban J connectivity index is 0.000000883. The summed E-state index contributed by atoms with van der Waals surface area (Å²) >= 11 is 5.58. The normalized spacial score (nSPS) is 10.9. The number of likely N-dealkylation sites (N-methyl/N-ethyl adjacent to an activating group) is 1. The van der Waals surface area contributed by atoms with E-state index in [9.17, 15) is 27.6 Å². The number of para-hydroxylation sites is 1. The number of nitrogens with one attached hydrogen (secondary N) is 2. The lowest BCUT2D eigenvalue weighted by Crippen LogP contribution is -2.36. The number of amides is 2. The number of hydrogen-bond acceptors (Lipinski definition) is 6. The first kappa shape index (κ1) is 32.6. The van der Waals surface area contributed by atoms with Crippen molar-refractivity contribution in [3.05, 3.63) is 75.2 Å². The maximum absolute atomic E-state index is 13.0. The second-order valence-electron chi connectivity index (χ2n) is 8.51. The highest BCUT2D eigenvalue weighted by atomic mass is 35.5. The molecule has 0 atom stereocenters. The molecule has 0 spiro atoms. The molecule has 2 amide bonds. The van der Waals surface area contributed by atoms with Crippen LogP contribution in [0.25, 0.3) is 5.69 Å². The smallest absolute Gasteiger partial charge is 0.417 e. The number of rotatable bonds is 7. The van der Waals surface area contributed by atoms with Gasteiger partial charge in [0.05, 0.1) is 35.1 Å². The van der Waals surface area contributed by atoms with Crippen LogP contribution in [0.1, 0.15) is 11.3 Å². The molecule has 0 radical (unpaired) electrons. The van der Waals surface area contributed by atoms with E-state index in [1.807, 2.05) is 6.07 Å². The van der Waals surface area contributed by atoms with Gasteiger partial charge in [0, 0.05) is 12.7 Å². The lowest BCUT2D eigenvalue weighted by atomic mass is 10.2. The van der Waals surface area contributed by atoms with Crippen molar-refractivity contribution < 1.29 is 42.6 Å². The summed E-state index contributed by atoms with van der Waals surface area (Å²) in [7, 11) is 3.18. The van der Waals surface area contributed by atoms with E-state index in [1.54, 1.807) is 42.9 Å². The van der Waals surface area contributed by atoms with Crippen molar-refractivity contribution in [2.75, 3.05) is 30.8 Å². The third kappa shape index (κ3) is 8.94. The molecule has 2 aromatic carbocycles. The van der Waals surface area contributed by atoms with E-state index in [0.717, 1.165) is 12.1 Å². The molecule has 0 saturated heterocycles. The number of halogens is 4. The van der Waals surface area contributed by atoms with Crippen LogP contribution in [-0.2, 0) is 32.4 Å². The Morgan fingerprint density at radius 3 is 2.00 bits per heavy atom. The molecule has 1 aromatic heterocycles. The van der Waals surface area contributed by atoms with Gasteiger partial charge in [0.25, 0.3) is 5.56 Å². The summed E-state index contributed by atoms with van der Waals surface area (Å²) < 4.78 is 42.0. The van der Waals surface area contributed by atoms with Gasteiger partial charge >= 0.3 is 18.1 Å². The third-order valence-electron chi connectivity index (χ3n) is 5.38. The number of carbonyl (C=O) groups excluding carboxylic acids is 2. The number of carboxylic acids is 2. The Bertz CT molecular complexity index is 1490. The van der Waals surface area contributed by atoms with Gasteiger partial charge in [-0.05, 0) is 44.3 Å². The minimum atomic E-state index is -4.67. The van der Waals surface area contributed by atoms with Crippen LogP contribution in [0, 0.1) is 6.92 Å². The molecule has 220 valence electrons. The van der Waals surface area contributed by atoms with Crippen molar-refractivity contribution in [2.45, 2.75) is 13.1 Å². The number of benzene rings is 2. The zero-order valence-electron chi connectivity index (χ0n) is 21.8. The van der Waals surface area contributed by atoms with Crippen LogP contribution in [0.2, 0.25) is 5.02 Å². The predicted molar refractivity (Wildman–Crippen MR) is 142 cm³/mol. The number of carboxylic acid groups (broad SMARTS) is 2. The van der Waals surface area contributed by atoms with Crippen molar-refractivity contribution in [3.63, 3.8) is 0 Å². The highest BCUT2D eigenvalue weighted by molar-refractivity contribution is 6.31. The maximum atomic E-state index is 13.0. The molecule has 1 heterocycles. The van der Waals surface area contributed by atoms with Gasteiger partial charge in [-0.2, -0.15) is 13.2 Å². The predicted octanol–water partition coefficient (Wildman–Crippen LogP) is 2.82. The van der Waals surface area contributed by atoms with E-state index >= 15 is 0 Å². The summed E-state index contributed by atoms with van der Waals surface area (Å²) in [4.78, 5) is 57.3. The molecule has 4 N–H and O–H groups in total. The largest absolute Gasteiger partial charge is 0.473 e. The summed E-state index contributed by atoms with van der Waals surface area (Å²) in [5.74, 6) is -4.81. The molecule has 12 nitrogen and oxygen atoms in total. The molecule has 16 heteroatoms. The molecule has 0 aliphatic carbocycles. The van der Waals surface area contributed by atoms with Crippen LogP contribution < -0.4 is 16.2 Å². The number of anilines is 2. The average molecular weight is 600 g/mol. The average Bonchev–Trinajstić information content (AvgIpc) is 3.08. The van der Waals surface area contributed by atoms with Gasteiger partial charge in [0.1, 0.15) is 5.69 Å². The molecule has 0 aliphatic rings. The fourth-order valence-electron chi connectivity index (χ4n) is 3.46. The SMILES string of the molecule is Cc1c(NC(=O)CN(C)CC(=O)Nc2ccc(Cl)c(C(F)(F)F)c2)c(=O)n(-c2ccccc2)n1C.O=C(O)C(=O)O. The molecule has 3 aromatic rings. The fourth-order valence-corrected chi connectivity index (χ4v) is 3.68. The minimum absolute atomic E-state index is 0.0778. The van der Waals surface area contributed by atoms with E-state index < -0.39 is 46.1 Å². The maximum Gasteiger partial charge on any atom is 0.417 e. The van der Waals surface area contributed by atoms with Gasteiger partial charge in [-0.15, -0.1) is 0 Å². The van der Waals surface area contributed by atoms with Crippen molar-refractivity contribution in [1.82, 2.24) is 14.3 Å². The second-order valence-corrected chi connectivity index (χ2v) is 8.92. The summed E-state index contributed by atoms with van der Waals surface area (Å²) in [6.07, 6.45) is -4.67. The van der Waals surface area contributed by atoms with Crippen molar-refractivity contribution in [3.8, 4) is 5.69 Å². The number of aliphatic carboxylic acids is 2. The van der Waals surface area contributed by atoms with Crippen LogP contribution >= 0.6 is 11.6 Å². The second kappa shape index (κ2) is 13.6. The van der Waals surface area contributed by atoms with Gasteiger partial charge in [-0.3, -0.25) is 24.0 Å². The van der Waals surface area contributed by atoms with Gasteiger partial charge in [0.15, 0.2) is 0 Å². The monoisotopic (exact) mass is 599 g/mol. The summed E-state index contributed by atoms with van der Waals surface area (Å²) in [5.41, 5.74) is -0.271. The van der Waals surface area contributed by atoms with Gasteiger partial charge in [-0.25, -0.2) is 14.3 Å². The molecule has 0 unspecified atom stereocenters. The number of carbonyl (C=O) groups is 4. The van der Waals surface area contributed by atoms with Crippen LogP contribution in [0.4, 0.5) is 24.5 Å². The molecule has 3 rings (SSSR count). The summed E-state index contributed by atoms with van der Waals surface area (Å²) in [5, 5.41) is 19.2. The van der Waals surface area contributed by atoms with Crippen molar-refractivity contribution in [2.24, 2.45) is 7.05 Å². The zero-order chi connectivity index (χ0) is 31.1. The first-order chi connectivity index (χ1) is 19.0. The van der Waals surface area contributed by atoms with Gasteiger partial charge < -0.3 is 20.8 Å². The molecule has 0 fully saturated rings. The quantitative estimate of drug-likeness (QED) is 0.301. The topological polar surface area (TPSA) is 163 Å². The molecule has 0 aliphatic heterocycles. The minimum Gasteiger partial charge on any atom is -0.473 e. The van der Waals surface area contributed by atoms with E-state index in [2.05, 4.69) is 10.6 Å². The third-order valence-corrected chi connectivity index (χ3v) is 5.71. The van der Waals surface area contributed by atoms with Gasteiger partial charge in [0.2, 0.25) is 11.8 Å². The van der Waals surface area contributed by atoms with Crippen LogP contribution in [0.5, 0.6) is 0 Å². The first-order valence-corrected chi connectivity index (χ1v) is 11.9. The number of nitrogens with zero attached hydrogens (tertiary/aromatic N) is 3. The lowest BCUT2D eigenvalue weighted by Gasteiger charge is -2.16. The first-order valence-electron chi connectivity index (χ1n) is 11.5. The number of hydrogen-bond donors (Lipinski definition) is 4. The number of aromatic nitrogens is 2. The Morgan fingerprint density at radius 1 is 0.951 bits per heavy atom. The van der Waals surface area contributed by atoms with E-state index in [0.29, 0.717) is 11.4 Å². The Morgan fingerprint density at radius 2 is 1.49 bits per heavy atom. The Hall–Kier alpha value is -4.63. The highest BCUT2D eigenvalue weighted by Gasteiger charge is 2.33. The molecule has 41 heavy (non-hydrogen) atoms. The van der Waals surface area contributed by atoms with Crippen LogP contribution in [-0.4, -0.2) is 68.4 Å². The molecular formula is C25H25ClF3N5O7. The Labute approximate surface area is 235 Å². The van der Waals surface area contributed by atoms with Crippen molar-refractivity contribution >= 4 is 46.7 Å². The fraction of sp³-hybridized carbons (Fsp3) is 0.240. The Kier molecular flexibility index (Phi) is 10.8. The number of alkyl halides is 3. The highest BCUT2D eigenvalue weighted by Crippen LogP contribution is 2.36. The lowest BCUT2D eigenvalue weighted by molar-refractivity contribution is -0.159. The summed E-state index contributed by atoms with van der Waals surface area (Å²) in [6.45, 7) is 1.18. The van der Waals surface area contributed by atoms with Gasteiger partial charge in [-0.1, -0.05) is 29.8 Å². The van der Waals surface area contributed by atoms with E-state index in [4.69, 9.17) is 31.4 Å². The molecule has 0 saturated carbocycles.